The van der Waals surface area contributed by atoms with Crippen LogP contribution in [0.1, 0.15) is 11.3 Å². The van der Waals surface area contributed by atoms with Gasteiger partial charge in [-0.1, -0.05) is 0 Å². The number of aliphatic hydroxyl groups excluding tert-OH is 1. The van der Waals surface area contributed by atoms with Gasteiger partial charge in [-0.2, -0.15) is 0 Å². The largest absolute Gasteiger partial charge is 0.504 e. The third-order valence-corrected chi connectivity index (χ3v) is 2.37. The van der Waals surface area contributed by atoms with Crippen molar-refractivity contribution < 1.29 is 19.7 Å². The molecule has 0 aliphatic carbocycles. The molecule has 5 heteroatoms. The summed E-state index contributed by atoms with van der Waals surface area (Å²) < 4.78 is 5.23. The molecule has 0 aliphatic heterocycles. The van der Waals surface area contributed by atoms with Crippen LogP contribution in [0, 0.1) is 6.92 Å². The monoisotopic (exact) mass is 222 g/mol. The summed E-state index contributed by atoms with van der Waals surface area (Å²) in [6, 6.07) is 2.66. The van der Waals surface area contributed by atoms with E-state index < -0.39 is 23.5 Å². The van der Waals surface area contributed by atoms with E-state index in [2.05, 4.69) is 0 Å². The molecular formula is C11H10O5. The summed E-state index contributed by atoms with van der Waals surface area (Å²) in [6.07, 6.45) is 0. The Morgan fingerprint density at radius 3 is 2.56 bits per heavy atom. The molecule has 0 unspecified atom stereocenters. The summed E-state index contributed by atoms with van der Waals surface area (Å²) in [5.41, 5.74) is -0.454. The van der Waals surface area contributed by atoms with Crippen molar-refractivity contribution in [3.8, 4) is 11.5 Å². The minimum absolute atomic E-state index is 0.0754. The molecule has 2 aromatic rings. The van der Waals surface area contributed by atoms with Crippen LogP contribution in [0.5, 0.6) is 11.5 Å². The molecule has 0 radical (unpaired) electrons. The van der Waals surface area contributed by atoms with Crippen molar-refractivity contribution in [3.05, 3.63) is 33.7 Å². The summed E-state index contributed by atoms with van der Waals surface area (Å²) in [5.74, 6) is -0.842. The minimum atomic E-state index is -0.784. The fourth-order valence-corrected chi connectivity index (χ4v) is 1.61. The van der Waals surface area contributed by atoms with Crippen LogP contribution in [0.3, 0.4) is 0 Å². The highest BCUT2D eigenvalue weighted by Crippen LogP contribution is 2.31. The molecule has 0 bridgehead atoms. The van der Waals surface area contributed by atoms with Crippen LogP contribution < -0.4 is 5.43 Å². The highest BCUT2D eigenvalue weighted by molar-refractivity contribution is 5.83. The van der Waals surface area contributed by atoms with Crippen molar-refractivity contribution in [3.63, 3.8) is 0 Å². The highest BCUT2D eigenvalue weighted by atomic mass is 16.3. The van der Waals surface area contributed by atoms with E-state index in [-0.39, 0.29) is 11.1 Å². The van der Waals surface area contributed by atoms with Crippen molar-refractivity contribution in [2.45, 2.75) is 13.5 Å². The van der Waals surface area contributed by atoms with E-state index in [1.165, 1.54) is 0 Å². The van der Waals surface area contributed by atoms with E-state index >= 15 is 0 Å². The molecule has 84 valence electrons. The number of fused-ring (bicyclic) bond motifs is 1. The lowest BCUT2D eigenvalue weighted by molar-refractivity contribution is 0.275. The average Bonchev–Trinajstić information content (AvgIpc) is 2.55. The van der Waals surface area contributed by atoms with Gasteiger partial charge in [-0.05, 0) is 13.0 Å². The predicted octanol–water partition coefficient (Wildman–Crippen LogP) is 1.00. The third-order valence-electron chi connectivity index (χ3n) is 2.37. The van der Waals surface area contributed by atoms with Gasteiger partial charge in [0.05, 0.1) is 6.61 Å². The molecule has 0 atom stereocenters. The van der Waals surface area contributed by atoms with E-state index in [1.54, 1.807) is 13.0 Å². The maximum atomic E-state index is 11.4. The van der Waals surface area contributed by atoms with Crippen molar-refractivity contribution in [1.82, 2.24) is 0 Å². The highest BCUT2D eigenvalue weighted by Gasteiger charge is 2.14. The maximum absolute atomic E-state index is 11.4. The van der Waals surface area contributed by atoms with Crippen LogP contribution in [0.4, 0.5) is 0 Å². The Kier molecular flexibility index (Phi) is 2.32. The average molecular weight is 222 g/mol. The van der Waals surface area contributed by atoms with E-state index in [9.17, 15) is 15.0 Å². The molecule has 2 rings (SSSR count). The van der Waals surface area contributed by atoms with Crippen molar-refractivity contribution in [1.29, 1.82) is 0 Å². The fourth-order valence-electron chi connectivity index (χ4n) is 1.61. The number of aromatic hydroxyl groups is 2. The molecule has 1 aromatic carbocycles. The molecule has 0 saturated heterocycles. The first-order valence-electron chi connectivity index (χ1n) is 4.63. The first-order chi connectivity index (χ1) is 7.54. The maximum Gasteiger partial charge on any atom is 0.227 e. The van der Waals surface area contributed by atoms with Crippen molar-refractivity contribution in [2.75, 3.05) is 0 Å². The first kappa shape index (κ1) is 10.5. The second-order valence-electron chi connectivity index (χ2n) is 3.48. The van der Waals surface area contributed by atoms with Gasteiger partial charge in [0.2, 0.25) is 11.2 Å². The van der Waals surface area contributed by atoms with Gasteiger partial charge in [0, 0.05) is 17.0 Å². The fraction of sp³-hybridized carbons (Fsp3) is 0.182. The van der Waals surface area contributed by atoms with Gasteiger partial charge in [0.25, 0.3) is 0 Å². The molecule has 0 aliphatic rings. The Bertz CT molecular complexity index is 612. The van der Waals surface area contributed by atoms with E-state index in [0.717, 1.165) is 6.07 Å². The molecule has 0 saturated carbocycles. The van der Waals surface area contributed by atoms with Crippen LogP contribution in [-0.2, 0) is 6.61 Å². The first-order valence-corrected chi connectivity index (χ1v) is 4.63. The van der Waals surface area contributed by atoms with Gasteiger partial charge in [-0.25, -0.2) is 0 Å². The molecule has 0 fully saturated rings. The lowest BCUT2D eigenvalue weighted by Crippen LogP contribution is -1.93. The zero-order valence-electron chi connectivity index (χ0n) is 8.52. The number of furan rings is 1. The van der Waals surface area contributed by atoms with Gasteiger partial charge in [0.1, 0.15) is 11.3 Å². The van der Waals surface area contributed by atoms with Crippen LogP contribution in [0.2, 0.25) is 0 Å². The van der Waals surface area contributed by atoms with Crippen molar-refractivity contribution in [2.24, 2.45) is 0 Å². The lowest BCUT2D eigenvalue weighted by atomic mass is 10.2. The minimum Gasteiger partial charge on any atom is -0.504 e. The van der Waals surface area contributed by atoms with Crippen LogP contribution in [0.15, 0.2) is 21.3 Å². The number of hydrogen-bond acceptors (Lipinski definition) is 5. The summed E-state index contributed by atoms with van der Waals surface area (Å²) in [7, 11) is 0. The molecule has 0 spiro atoms. The Balaban J connectivity index is 3.06. The lowest BCUT2D eigenvalue weighted by Gasteiger charge is -1.97. The summed E-state index contributed by atoms with van der Waals surface area (Å²) >= 11 is 0. The molecule has 1 aromatic heterocycles. The second kappa shape index (κ2) is 3.53. The van der Waals surface area contributed by atoms with Gasteiger partial charge in [-0.15, -0.1) is 0 Å². The van der Waals surface area contributed by atoms with Crippen LogP contribution >= 0.6 is 0 Å². The van der Waals surface area contributed by atoms with Gasteiger partial charge < -0.3 is 19.7 Å². The molecule has 16 heavy (non-hydrogen) atoms. The number of aliphatic hydroxyl groups is 1. The van der Waals surface area contributed by atoms with Crippen LogP contribution in [-0.4, -0.2) is 15.3 Å². The third kappa shape index (κ3) is 1.42. The Morgan fingerprint density at radius 2 is 1.94 bits per heavy atom. The quantitative estimate of drug-likeness (QED) is 0.669. The predicted molar refractivity (Wildman–Crippen MR) is 56.5 cm³/mol. The van der Waals surface area contributed by atoms with E-state index in [4.69, 9.17) is 9.52 Å². The SMILES string of the molecule is Cc1cc2c(CO)c(O)c(O)c(=O)cc2o1. The topological polar surface area (TPSA) is 90.9 Å². The van der Waals surface area contributed by atoms with Crippen molar-refractivity contribution >= 4 is 11.0 Å². The normalized spacial score (nSPS) is 10.9. The summed E-state index contributed by atoms with van der Waals surface area (Å²) in [4.78, 5) is 11.4. The zero-order chi connectivity index (χ0) is 11.9. The molecule has 0 amide bonds. The number of aryl methyl sites for hydroxylation is 1. The Labute approximate surface area is 90.2 Å². The standard InChI is InChI=1S/C11H10O5/c1-5-2-6-7(4-12)10(14)11(15)8(13)3-9(6)16-5/h2-3,12H,4H2,1H3,(H2,13,14,15). The van der Waals surface area contributed by atoms with E-state index in [0.29, 0.717) is 11.1 Å². The Hall–Kier alpha value is -2.01. The summed E-state index contributed by atoms with van der Waals surface area (Å²) in [5, 5.41) is 28.5. The van der Waals surface area contributed by atoms with Crippen LogP contribution in [0.25, 0.3) is 11.0 Å². The second-order valence-corrected chi connectivity index (χ2v) is 3.48. The molecule has 5 nitrogen and oxygen atoms in total. The number of rotatable bonds is 1. The molecule has 3 N–H and O–H groups in total. The summed E-state index contributed by atoms with van der Waals surface area (Å²) in [6.45, 7) is 1.19. The van der Waals surface area contributed by atoms with Gasteiger partial charge in [-0.3, -0.25) is 4.79 Å². The van der Waals surface area contributed by atoms with E-state index in [1.807, 2.05) is 0 Å². The Morgan fingerprint density at radius 1 is 1.25 bits per heavy atom. The molecular weight excluding hydrogens is 212 g/mol. The van der Waals surface area contributed by atoms with Gasteiger partial charge >= 0.3 is 0 Å². The smallest absolute Gasteiger partial charge is 0.227 e. The zero-order valence-corrected chi connectivity index (χ0v) is 8.52. The number of hydrogen-bond donors (Lipinski definition) is 3. The molecule has 1 heterocycles. The van der Waals surface area contributed by atoms with Gasteiger partial charge in [0.15, 0.2) is 5.75 Å².